The van der Waals surface area contributed by atoms with Gasteiger partial charge in [0.2, 0.25) is 5.91 Å². The Balaban J connectivity index is 2.58. The number of hydrogen-bond donors (Lipinski definition) is 3. The van der Waals surface area contributed by atoms with E-state index in [4.69, 9.17) is 10.9 Å². The molecule has 8 heteroatoms. The van der Waals surface area contributed by atoms with Crippen LogP contribution >= 0.6 is 0 Å². The van der Waals surface area contributed by atoms with Crippen molar-refractivity contribution in [2.24, 2.45) is 22.2 Å². The molecule has 0 aliphatic carbocycles. The van der Waals surface area contributed by atoms with Crippen molar-refractivity contribution >= 4 is 16.1 Å². The predicted octanol–water partition coefficient (Wildman–Crippen LogP) is -0.608. The van der Waals surface area contributed by atoms with Crippen LogP contribution in [0.5, 0.6) is 0 Å². The van der Waals surface area contributed by atoms with E-state index in [9.17, 15) is 13.2 Å². The molecule has 0 bridgehead atoms. The van der Waals surface area contributed by atoms with Gasteiger partial charge in [0.25, 0.3) is 10.2 Å². The van der Waals surface area contributed by atoms with Crippen LogP contribution in [0.2, 0.25) is 0 Å². The minimum absolute atomic E-state index is 0.0715. The van der Waals surface area contributed by atoms with Crippen molar-refractivity contribution in [1.29, 1.82) is 0 Å². The lowest BCUT2D eigenvalue weighted by molar-refractivity contribution is -0.136. The third-order valence-corrected chi connectivity index (χ3v) is 4.17. The van der Waals surface area contributed by atoms with Gasteiger partial charge in [-0.3, -0.25) is 4.79 Å². The molecule has 1 rings (SSSR count). The van der Waals surface area contributed by atoms with Gasteiger partial charge in [-0.25, -0.2) is 9.86 Å². The highest BCUT2D eigenvalue weighted by Crippen LogP contribution is 2.22. The Morgan fingerprint density at radius 1 is 1.45 bits per heavy atom. The van der Waals surface area contributed by atoms with Crippen LogP contribution in [0.3, 0.4) is 0 Å². The van der Waals surface area contributed by atoms with Crippen LogP contribution in [0.4, 0.5) is 0 Å². The van der Waals surface area contributed by atoms with Crippen LogP contribution in [0.1, 0.15) is 33.6 Å². The second-order valence-electron chi connectivity index (χ2n) is 6.53. The number of amides is 1. The summed E-state index contributed by atoms with van der Waals surface area (Å²) in [6.45, 7) is 7.24. The first kappa shape index (κ1) is 17.4. The number of piperidine rings is 1. The molecule has 2 atom stereocenters. The molecule has 7 nitrogen and oxygen atoms in total. The summed E-state index contributed by atoms with van der Waals surface area (Å²) >= 11 is 0. The first-order valence-corrected chi connectivity index (χ1v) is 8.37. The van der Waals surface area contributed by atoms with E-state index in [1.807, 2.05) is 20.8 Å². The summed E-state index contributed by atoms with van der Waals surface area (Å²) in [5, 5.41) is 4.91. The van der Waals surface area contributed by atoms with Crippen LogP contribution in [0.25, 0.3) is 0 Å². The predicted molar refractivity (Wildman–Crippen MR) is 77.8 cm³/mol. The summed E-state index contributed by atoms with van der Waals surface area (Å²) in [4.78, 5) is 14.1. The normalized spacial score (nSPS) is 22.6. The Morgan fingerprint density at radius 2 is 2.05 bits per heavy atom. The number of nitrogens with zero attached hydrogens (tertiary/aromatic N) is 1. The van der Waals surface area contributed by atoms with Crippen LogP contribution in [0.15, 0.2) is 0 Å². The van der Waals surface area contributed by atoms with Crippen molar-refractivity contribution in [2.45, 2.75) is 39.7 Å². The molecule has 1 heterocycles. The van der Waals surface area contributed by atoms with Gasteiger partial charge < -0.3 is 10.6 Å². The van der Waals surface area contributed by atoms with Crippen molar-refractivity contribution in [2.75, 3.05) is 19.6 Å². The zero-order valence-corrected chi connectivity index (χ0v) is 13.2. The quantitative estimate of drug-likeness (QED) is 0.642. The fourth-order valence-corrected chi connectivity index (χ4v) is 2.70. The molecule has 0 spiro atoms. The van der Waals surface area contributed by atoms with E-state index in [0.717, 1.165) is 12.8 Å². The van der Waals surface area contributed by atoms with E-state index in [1.54, 1.807) is 4.90 Å². The van der Waals surface area contributed by atoms with E-state index >= 15 is 0 Å². The minimum Gasteiger partial charge on any atom is -0.341 e. The number of nitrogens with one attached hydrogen (secondary N) is 1. The van der Waals surface area contributed by atoms with Crippen LogP contribution < -0.4 is 15.6 Å². The Bertz CT molecular complexity index is 444. The molecule has 118 valence electrons. The lowest BCUT2D eigenvalue weighted by Gasteiger charge is -2.37. The largest absolute Gasteiger partial charge is 0.341 e. The molecule has 1 unspecified atom stereocenters. The molecule has 1 saturated heterocycles. The zero-order chi connectivity index (χ0) is 15.6. The van der Waals surface area contributed by atoms with Crippen molar-refractivity contribution in [3.63, 3.8) is 0 Å². The number of rotatable bonds is 4. The van der Waals surface area contributed by atoms with Gasteiger partial charge in [0.15, 0.2) is 0 Å². The Kier molecular flexibility index (Phi) is 5.54. The highest BCUT2D eigenvalue weighted by atomic mass is 32.2. The third-order valence-electron chi connectivity index (χ3n) is 3.60. The maximum Gasteiger partial charge on any atom is 0.274 e. The SMILES string of the molecule is CC(C)(C)[C@H](N)C(=O)N1CCCC(CNS(N)(=O)=O)C1. The van der Waals surface area contributed by atoms with Crippen LogP contribution in [0, 0.1) is 11.3 Å². The molecule has 1 fully saturated rings. The fourth-order valence-electron chi connectivity index (χ4n) is 2.23. The summed E-state index contributed by atoms with van der Waals surface area (Å²) < 4.78 is 24.1. The summed E-state index contributed by atoms with van der Waals surface area (Å²) in [6.07, 6.45) is 1.72. The first-order chi connectivity index (χ1) is 9.00. The smallest absolute Gasteiger partial charge is 0.274 e. The molecule has 0 aromatic heterocycles. The van der Waals surface area contributed by atoms with E-state index in [1.165, 1.54) is 0 Å². The second kappa shape index (κ2) is 6.38. The van der Waals surface area contributed by atoms with Gasteiger partial charge in [-0.2, -0.15) is 8.42 Å². The molecule has 5 N–H and O–H groups in total. The summed E-state index contributed by atoms with van der Waals surface area (Å²) in [7, 11) is -3.68. The number of carbonyl (C=O) groups is 1. The molecule has 0 aromatic rings. The summed E-state index contributed by atoms with van der Waals surface area (Å²) in [5.74, 6) is 0.0102. The lowest BCUT2D eigenvalue weighted by atomic mass is 9.86. The number of likely N-dealkylation sites (tertiary alicyclic amines) is 1. The van der Waals surface area contributed by atoms with Gasteiger partial charge in [-0.15, -0.1) is 0 Å². The molecule has 1 aliphatic rings. The maximum absolute atomic E-state index is 12.3. The van der Waals surface area contributed by atoms with E-state index in [2.05, 4.69) is 4.72 Å². The highest BCUT2D eigenvalue weighted by molar-refractivity contribution is 7.87. The molecule has 0 radical (unpaired) electrons. The second-order valence-corrected chi connectivity index (χ2v) is 7.91. The standard InChI is InChI=1S/C12H26N4O3S/c1-12(2,3)10(13)11(17)16-6-4-5-9(8-16)7-15-20(14,18)19/h9-10,15H,4-8,13H2,1-3H3,(H2,14,18,19)/t9?,10-/m1/s1. The van der Waals surface area contributed by atoms with Gasteiger partial charge >= 0.3 is 0 Å². The van der Waals surface area contributed by atoms with Crippen molar-refractivity contribution in [1.82, 2.24) is 9.62 Å². The maximum atomic E-state index is 12.3. The highest BCUT2D eigenvalue weighted by Gasteiger charge is 2.33. The number of nitrogens with two attached hydrogens (primary N) is 2. The molecule has 0 aromatic carbocycles. The molecule has 1 aliphatic heterocycles. The average Bonchev–Trinajstić information content (AvgIpc) is 2.33. The van der Waals surface area contributed by atoms with E-state index in [-0.39, 0.29) is 23.8 Å². The molecule has 1 amide bonds. The molecular weight excluding hydrogens is 280 g/mol. The first-order valence-electron chi connectivity index (χ1n) is 6.82. The summed E-state index contributed by atoms with van der Waals surface area (Å²) in [5.41, 5.74) is 5.70. The minimum atomic E-state index is -3.68. The van der Waals surface area contributed by atoms with Crippen LogP contribution in [-0.2, 0) is 15.0 Å². The van der Waals surface area contributed by atoms with Crippen molar-refractivity contribution < 1.29 is 13.2 Å². The average molecular weight is 306 g/mol. The topological polar surface area (TPSA) is 119 Å². The molecule has 0 saturated carbocycles. The number of hydrogen-bond acceptors (Lipinski definition) is 4. The lowest BCUT2D eigenvalue weighted by Crippen LogP contribution is -2.53. The van der Waals surface area contributed by atoms with Gasteiger partial charge in [0, 0.05) is 19.6 Å². The monoisotopic (exact) mass is 306 g/mol. The van der Waals surface area contributed by atoms with E-state index in [0.29, 0.717) is 13.1 Å². The van der Waals surface area contributed by atoms with Crippen molar-refractivity contribution in [3.05, 3.63) is 0 Å². The third kappa shape index (κ3) is 5.35. The molecular formula is C12H26N4O3S. The van der Waals surface area contributed by atoms with Gasteiger partial charge in [0.1, 0.15) is 0 Å². The Morgan fingerprint density at radius 3 is 2.55 bits per heavy atom. The van der Waals surface area contributed by atoms with Gasteiger partial charge in [0.05, 0.1) is 6.04 Å². The van der Waals surface area contributed by atoms with E-state index < -0.39 is 16.3 Å². The van der Waals surface area contributed by atoms with Gasteiger partial charge in [-0.05, 0) is 24.2 Å². The molecule has 20 heavy (non-hydrogen) atoms. The summed E-state index contributed by atoms with van der Waals surface area (Å²) in [6, 6.07) is -0.549. The fraction of sp³-hybridized carbons (Fsp3) is 0.917. The van der Waals surface area contributed by atoms with Crippen molar-refractivity contribution in [3.8, 4) is 0 Å². The number of carbonyl (C=O) groups excluding carboxylic acids is 1. The van der Waals surface area contributed by atoms with Crippen LogP contribution in [-0.4, -0.2) is 44.9 Å². The Labute approximate surface area is 121 Å². The zero-order valence-electron chi connectivity index (χ0n) is 12.4. The Hall–Kier alpha value is -0.700. The van der Waals surface area contributed by atoms with Gasteiger partial charge in [-0.1, -0.05) is 20.8 Å².